The Balaban J connectivity index is 1.48. The van der Waals surface area contributed by atoms with Gasteiger partial charge in [0, 0.05) is 11.8 Å². The molecular formula is C23H19N5O. The van der Waals surface area contributed by atoms with Crippen LogP contribution in [-0.2, 0) is 6.54 Å². The van der Waals surface area contributed by atoms with Crippen molar-refractivity contribution in [3.63, 3.8) is 0 Å². The van der Waals surface area contributed by atoms with E-state index in [4.69, 9.17) is 5.26 Å². The highest BCUT2D eigenvalue weighted by Gasteiger charge is 2.07. The third kappa shape index (κ3) is 4.09. The number of phenolic OH excluding ortho intramolecular Hbond substituents is 1. The molecule has 0 bridgehead atoms. The van der Waals surface area contributed by atoms with E-state index in [1.807, 2.05) is 55.5 Å². The molecule has 2 aromatic carbocycles. The summed E-state index contributed by atoms with van der Waals surface area (Å²) in [5, 5.41) is 29.1. The molecule has 2 aromatic heterocycles. The summed E-state index contributed by atoms with van der Waals surface area (Å²) in [6.45, 7) is 2.55. The van der Waals surface area contributed by atoms with Crippen LogP contribution in [0.25, 0.3) is 22.4 Å². The van der Waals surface area contributed by atoms with Crippen LogP contribution in [0.5, 0.6) is 5.75 Å². The van der Waals surface area contributed by atoms with Crippen LogP contribution in [0, 0.1) is 18.3 Å². The molecule has 0 spiro atoms. The number of nitrogens with one attached hydrogen (secondary N) is 2. The summed E-state index contributed by atoms with van der Waals surface area (Å²) in [5.74, 6) is 0.988. The molecule has 0 unspecified atom stereocenters. The van der Waals surface area contributed by atoms with Gasteiger partial charge in [-0.05, 0) is 78.2 Å². The van der Waals surface area contributed by atoms with Crippen molar-refractivity contribution in [2.75, 3.05) is 5.32 Å². The zero-order valence-corrected chi connectivity index (χ0v) is 15.8. The first kappa shape index (κ1) is 18.3. The van der Waals surface area contributed by atoms with E-state index in [0.29, 0.717) is 12.1 Å². The van der Waals surface area contributed by atoms with Gasteiger partial charge in [-0.15, -0.1) is 0 Å². The van der Waals surface area contributed by atoms with Crippen LogP contribution in [0.1, 0.15) is 16.8 Å². The van der Waals surface area contributed by atoms with Gasteiger partial charge in [0.15, 0.2) is 0 Å². The average molecular weight is 381 g/mol. The van der Waals surface area contributed by atoms with E-state index >= 15 is 0 Å². The Morgan fingerprint density at radius 1 is 1.03 bits per heavy atom. The topological polar surface area (TPSA) is 97.6 Å². The summed E-state index contributed by atoms with van der Waals surface area (Å²) in [7, 11) is 0. The predicted octanol–water partition coefficient (Wildman–Crippen LogP) is 4.64. The largest absolute Gasteiger partial charge is 0.508 e. The van der Waals surface area contributed by atoms with Crippen molar-refractivity contribution in [1.82, 2.24) is 15.2 Å². The number of anilines is 1. The Kier molecular flexibility index (Phi) is 4.95. The van der Waals surface area contributed by atoms with E-state index in [-0.39, 0.29) is 5.75 Å². The summed E-state index contributed by atoms with van der Waals surface area (Å²) < 4.78 is 0. The first-order valence-corrected chi connectivity index (χ1v) is 9.17. The molecule has 29 heavy (non-hydrogen) atoms. The minimum absolute atomic E-state index is 0.231. The van der Waals surface area contributed by atoms with Crippen molar-refractivity contribution in [2.45, 2.75) is 13.5 Å². The van der Waals surface area contributed by atoms with E-state index in [0.717, 1.165) is 39.5 Å². The summed E-state index contributed by atoms with van der Waals surface area (Å²) in [5.41, 5.74) is 6.49. The van der Waals surface area contributed by atoms with Gasteiger partial charge in [-0.3, -0.25) is 5.10 Å². The first-order chi connectivity index (χ1) is 14.1. The lowest BCUT2D eigenvalue weighted by Crippen LogP contribution is -2.01. The molecule has 0 aliphatic heterocycles. The molecule has 142 valence electrons. The van der Waals surface area contributed by atoms with Crippen molar-refractivity contribution in [3.05, 3.63) is 83.7 Å². The molecule has 2 heterocycles. The smallest absolute Gasteiger partial charge is 0.126 e. The number of hydrogen-bond donors (Lipinski definition) is 3. The average Bonchev–Trinajstić information content (AvgIpc) is 3.22. The summed E-state index contributed by atoms with van der Waals surface area (Å²) in [6.07, 6.45) is 1.77. The van der Waals surface area contributed by atoms with Crippen LogP contribution >= 0.6 is 0 Å². The van der Waals surface area contributed by atoms with Gasteiger partial charge in [0.1, 0.15) is 11.6 Å². The van der Waals surface area contributed by atoms with Crippen LogP contribution < -0.4 is 5.32 Å². The molecule has 4 aromatic rings. The molecule has 0 aliphatic rings. The van der Waals surface area contributed by atoms with Crippen molar-refractivity contribution < 1.29 is 5.11 Å². The number of phenols is 1. The molecule has 0 amide bonds. The van der Waals surface area contributed by atoms with Gasteiger partial charge in [-0.2, -0.15) is 10.4 Å². The number of benzene rings is 2. The third-order valence-electron chi connectivity index (χ3n) is 4.68. The number of H-pyrrole nitrogens is 1. The second-order valence-corrected chi connectivity index (χ2v) is 6.75. The molecule has 0 saturated heterocycles. The molecule has 0 atom stereocenters. The summed E-state index contributed by atoms with van der Waals surface area (Å²) in [4.78, 5) is 4.39. The lowest BCUT2D eigenvalue weighted by molar-refractivity contribution is 0.475. The van der Waals surface area contributed by atoms with Crippen molar-refractivity contribution >= 4 is 5.82 Å². The molecule has 0 saturated carbocycles. The van der Waals surface area contributed by atoms with Crippen LogP contribution in [0.4, 0.5) is 5.82 Å². The molecule has 0 fully saturated rings. The Morgan fingerprint density at radius 2 is 1.86 bits per heavy atom. The summed E-state index contributed by atoms with van der Waals surface area (Å²) in [6, 6.07) is 20.7. The van der Waals surface area contributed by atoms with Gasteiger partial charge in [0.05, 0.1) is 29.6 Å². The number of pyridine rings is 1. The number of rotatable bonds is 5. The zero-order valence-electron chi connectivity index (χ0n) is 15.8. The van der Waals surface area contributed by atoms with Crippen LogP contribution in [0.2, 0.25) is 0 Å². The van der Waals surface area contributed by atoms with Gasteiger partial charge in [-0.1, -0.05) is 6.07 Å². The molecule has 4 rings (SSSR count). The maximum atomic E-state index is 9.41. The fourth-order valence-electron chi connectivity index (χ4n) is 3.17. The Morgan fingerprint density at radius 3 is 2.62 bits per heavy atom. The fraction of sp³-hybridized carbons (Fsp3) is 0.0870. The van der Waals surface area contributed by atoms with E-state index in [2.05, 4.69) is 26.6 Å². The lowest BCUT2D eigenvalue weighted by atomic mass is 9.99. The number of aromatic nitrogens is 3. The minimum atomic E-state index is 0.231. The molecule has 6 heteroatoms. The number of aromatic hydroxyl groups is 1. The van der Waals surface area contributed by atoms with Crippen molar-refractivity contribution in [1.29, 1.82) is 5.26 Å². The highest BCUT2D eigenvalue weighted by molar-refractivity contribution is 5.70. The molecular weight excluding hydrogens is 362 g/mol. The number of aryl methyl sites for hydroxylation is 1. The van der Waals surface area contributed by atoms with E-state index in [9.17, 15) is 5.11 Å². The van der Waals surface area contributed by atoms with Crippen LogP contribution in [0.15, 0.2) is 66.9 Å². The molecule has 3 N–H and O–H groups in total. The highest BCUT2D eigenvalue weighted by atomic mass is 16.3. The number of nitrogens with zero attached hydrogens (tertiary/aromatic N) is 3. The van der Waals surface area contributed by atoms with E-state index in [1.54, 1.807) is 18.3 Å². The number of nitriles is 1. The van der Waals surface area contributed by atoms with Gasteiger partial charge in [0.2, 0.25) is 0 Å². The molecule has 6 nitrogen and oxygen atoms in total. The Labute approximate surface area is 168 Å². The molecule has 0 radical (unpaired) electrons. The van der Waals surface area contributed by atoms with Crippen molar-refractivity contribution in [2.24, 2.45) is 0 Å². The van der Waals surface area contributed by atoms with Crippen LogP contribution in [0.3, 0.4) is 0 Å². The predicted molar refractivity (Wildman–Crippen MR) is 112 cm³/mol. The van der Waals surface area contributed by atoms with Crippen molar-refractivity contribution in [3.8, 4) is 34.2 Å². The van der Waals surface area contributed by atoms with E-state index < -0.39 is 0 Å². The van der Waals surface area contributed by atoms with Gasteiger partial charge >= 0.3 is 0 Å². The second-order valence-electron chi connectivity index (χ2n) is 6.75. The Bertz CT molecular complexity index is 1190. The summed E-state index contributed by atoms with van der Waals surface area (Å²) >= 11 is 0. The van der Waals surface area contributed by atoms with Gasteiger partial charge in [0.25, 0.3) is 0 Å². The molecule has 0 aliphatic carbocycles. The standard InChI is InChI=1S/C23H19N5O/c1-15-10-16(13-24)2-7-21(15)18-8-9-25-23(11-18)26-14-19-12-22(28-27-19)17-3-5-20(29)6-4-17/h2-12,29H,14H2,1H3,(H,25,26)(H,27,28). The number of aromatic amines is 1. The maximum Gasteiger partial charge on any atom is 0.126 e. The Hall–Kier alpha value is -4.11. The fourth-order valence-corrected chi connectivity index (χ4v) is 3.17. The lowest BCUT2D eigenvalue weighted by Gasteiger charge is -2.09. The maximum absolute atomic E-state index is 9.41. The second kappa shape index (κ2) is 7.87. The monoisotopic (exact) mass is 381 g/mol. The zero-order chi connectivity index (χ0) is 20.2. The van der Waals surface area contributed by atoms with Gasteiger partial charge < -0.3 is 10.4 Å². The van der Waals surface area contributed by atoms with Gasteiger partial charge in [-0.25, -0.2) is 4.98 Å². The SMILES string of the molecule is Cc1cc(C#N)ccc1-c1ccnc(NCc2cc(-c3ccc(O)cc3)n[nH]2)c1. The third-order valence-corrected chi connectivity index (χ3v) is 4.68. The number of hydrogen-bond acceptors (Lipinski definition) is 5. The normalized spacial score (nSPS) is 10.5. The minimum Gasteiger partial charge on any atom is -0.508 e. The highest BCUT2D eigenvalue weighted by Crippen LogP contribution is 2.26. The first-order valence-electron chi connectivity index (χ1n) is 9.17. The quantitative estimate of drug-likeness (QED) is 0.468. The van der Waals surface area contributed by atoms with E-state index in [1.165, 1.54) is 0 Å². The van der Waals surface area contributed by atoms with Crippen LogP contribution in [-0.4, -0.2) is 20.3 Å².